The first-order valence-corrected chi connectivity index (χ1v) is 9.08. The number of thiophene rings is 1. The summed E-state index contributed by atoms with van der Waals surface area (Å²) < 4.78 is 15.5. The minimum atomic E-state index is -0.981. The van der Waals surface area contributed by atoms with Gasteiger partial charge in [0, 0.05) is 6.54 Å². The maximum atomic E-state index is 12.1. The highest BCUT2D eigenvalue weighted by atomic mass is 32.1. The summed E-state index contributed by atoms with van der Waals surface area (Å²) in [6, 6.07) is 8.75. The lowest BCUT2D eigenvalue weighted by Gasteiger charge is -2.14. The summed E-state index contributed by atoms with van der Waals surface area (Å²) in [6.45, 7) is 1.60. The lowest BCUT2D eigenvalue weighted by Crippen LogP contribution is -2.38. The van der Waals surface area contributed by atoms with Crippen molar-refractivity contribution in [2.45, 2.75) is 19.6 Å². The number of fused-ring (bicyclic) bond motifs is 1. The van der Waals surface area contributed by atoms with Crippen molar-refractivity contribution >= 4 is 29.1 Å². The smallest absolute Gasteiger partial charge is 0.326 e. The van der Waals surface area contributed by atoms with Crippen LogP contribution in [0.5, 0.6) is 11.5 Å². The number of hydrogen-bond donors (Lipinski definition) is 2. The Balaban J connectivity index is 1.40. The average molecular weight is 390 g/mol. The van der Waals surface area contributed by atoms with Crippen LogP contribution in [-0.4, -0.2) is 37.2 Å². The van der Waals surface area contributed by atoms with Gasteiger partial charge in [-0.05, 0) is 36.1 Å². The quantitative estimate of drug-likeness (QED) is 0.694. The summed E-state index contributed by atoms with van der Waals surface area (Å²) in [5.41, 5.74) is 0.828. The molecule has 0 saturated heterocycles. The zero-order valence-corrected chi connectivity index (χ0v) is 15.3. The summed E-state index contributed by atoms with van der Waals surface area (Å²) in [7, 11) is 0. The van der Waals surface area contributed by atoms with Crippen molar-refractivity contribution in [2.24, 2.45) is 0 Å². The summed E-state index contributed by atoms with van der Waals surface area (Å²) in [5, 5.41) is 6.90. The van der Waals surface area contributed by atoms with E-state index in [4.69, 9.17) is 14.2 Å². The fraction of sp³-hybridized carbons (Fsp3) is 0.278. The van der Waals surface area contributed by atoms with Crippen LogP contribution in [0.2, 0.25) is 0 Å². The van der Waals surface area contributed by atoms with Crippen LogP contribution >= 0.6 is 11.3 Å². The molecule has 2 amide bonds. The highest BCUT2D eigenvalue weighted by Gasteiger charge is 2.19. The van der Waals surface area contributed by atoms with Gasteiger partial charge in [0.15, 0.2) is 17.6 Å². The zero-order valence-electron chi connectivity index (χ0n) is 14.5. The van der Waals surface area contributed by atoms with E-state index in [2.05, 4.69) is 10.6 Å². The summed E-state index contributed by atoms with van der Waals surface area (Å²) >= 11 is 1.27. The number of ether oxygens (including phenoxy) is 3. The van der Waals surface area contributed by atoms with Crippen molar-refractivity contribution in [3.63, 3.8) is 0 Å². The van der Waals surface area contributed by atoms with Crippen LogP contribution in [-0.2, 0) is 20.9 Å². The molecule has 8 nitrogen and oxygen atoms in total. The van der Waals surface area contributed by atoms with E-state index in [9.17, 15) is 14.4 Å². The molecule has 1 aromatic heterocycles. The highest BCUT2D eigenvalue weighted by molar-refractivity contribution is 7.12. The molecule has 1 unspecified atom stereocenters. The molecule has 0 fully saturated rings. The third kappa shape index (κ3) is 4.98. The van der Waals surface area contributed by atoms with E-state index in [1.54, 1.807) is 29.6 Å². The van der Waals surface area contributed by atoms with Crippen LogP contribution in [0.4, 0.5) is 0 Å². The van der Waals surface area contributed by atoms with Crippen molar-refractivity contribution in [3.8, 4) is 11.5 Å². The second-order valence-electron chi connectivity index (χ2n) is 5.70. The normalized spacial score (nSPS) is 12.9. The molecule has 2 N–H and O–H groups in total. The molecule has 1 aromatic carbocycles. The number of benzene rings is 1. The van der Waals surface area contributed by atoms with Crippen molar-refractivity contribution in [2.75, 3.05) is 13.3 Å². The van der Waals surface area contributed by atoms with Gasteiger partial charge in [-0.3, -0.25) is 14.4 Å². The number of hydrogen-bond acceptors (Lipinski definition) is 7. The van der Waals surface area contributed by atoms with Gasteiger partial charge < -0.3 is 24.8 Å². The highest BCUT2D eigenvalue weighted by Crippen LogP contribution is 2.32. The van der Waals surface area contributed by atoms with Crippen molar-refractivity contribution < 1.29 is 28.6 Å². The number of nitrogens with one attached hydrogen (secondary N) is 2. The molecule has 27 heavy (non-hydrogen) atoms. The van der Waals surface area contributed by atoms with Gasteiger partial charge in [-0.2, -0.15) is 0 Å². The molecule has 0 saturated carbocycles. The monoisotopic (exact) mass is 390 g/mol. The summed E-state index contributed by atoms with van der Waals surface area (Å²) in [4.78, 5) is 36.1. The van der Waals surface area contributed by atoms with E-state index in [1.165, 1.54) is 18.3 Å². The third-order valence-electron chi connectivity index (χ3n) is 3.72. The molecule has 1 aliphatic rings. The Morgan fingerprint density at radius 1 is 1.19 bits per heavy atom. The van der Waals surface area contributed by atoms with Gasteiger partial charge in [-0.1, -0.05) is 12.1 Å². The first-order chi connectivity index (χ1) is 13.0. The SMILES string of the molecule is CC(OC(=O)CNC(=O)c1cccs1)C(=O)NCc1ccc2c(c1)OCO2. The van der Waals surface area contributed by atoms with Crippen molar-refractivity contribution in [1.82, 2.24) is 10.6 Å². The fourth-order valence-electron chi connectivity index (χ4n) is 2.32. The Bertz CT molecular complexity index is 836. The topological polar surface area (TPSA) is 103 Å². The maximum Gasteiger partial charge on any atom is 0.326 e. The minimum absolute atomic E-state index is 0.182. The summed E-state index contributed by atoms with van der Waals surface area (Å²) in [6.07, 6.45) is -0.981. The Morgan fingerprint density at radius 2 is 2.00 bits per heavy atom. The fourth-order valence-corrected chi connectivity index (χ4v) is 2.96. The van der Waals surface area contributed by atoms with Crippen LogP contribution in [0.25, 0.3) is 0 Å². The number of carbonyl (C=O) groups excluding carboxylic acids is 3. The molecule has 0 bridgehead atoms. The molecular weight excluding hydrogens is 372 g/mol. The third-order valence-corrected chi connectivity index (χ3v) is 4.59. The predicted octanol–water partition coefficient (Wildman–Crippen LogP) is 1.45. The average Bonchev–Trinajstić information content (AvgIpc) is 3.35. The second-order valence-corrected chi connectivity index (χ2v) is 6.65. The molecule has 0 spiro atoms. The van der Waals surface area contributed by atoms with Crippen molar-refractivity contribution in [3.05, 3.63) is 46.2 Å². The molecule has 0 aliphatic carbocycles. The van der Waals surface area contributed by atoms with E-state index in [0.717, 1.165) is 5.56 Å². The lowest BCUT2D eigenvalue weighted by atomic mass is 10.2. The van der Waals surface area contributed by atoms with Gasteiger partial charge in [0.25, 0.3) is 11.8 Å². The molecule has 1 atom stereocenters. The van der Waals surface area contributed by atoms with Crippen LogP contribution in [0.15, 0.2) is 35.7 Å². The Labute approximate surface area is 159 Å². The van der Waals surface area contributed by atoms with Gasteiger partial charge in [-0.25, -0.2) is 0 Å². The Morgan fingerprint density at radius 3 is 2.78 bits per heavy atom. The van der Waals surface area contributed by atoms with Crippen LogP contribution < -0.4 is 20.1 Å². The molecule has 142 valence electrons. The molecule has 0 radical (unpaired) electrons. The predicted molar refractivity (Wildman–Crippen MR) is 96.6 cm³/mol. The standard InChI is InChI=1S/C18H18N2O6S/c1-11(26-16(21)9-20-18(23)15-3-2-6-27-15)17(22)19-8-12-4-5-13-14(7-12)25-10-24-13/h2-7,11H,8-10H2,1H3,(H,19,22)(H,20,23). The van der Waals surface area contributed by atoms with Gasteiger partial charge >= 0.3 is 5.97 Å². The van der Waals surface area contributed by atoms with Crippen LogP contribution in [0.3, 0.4) is 0 Å². The number of rotatable bonds is 7. The van der Waals surface area contributed by atoms with Gasteiger partial charge in [0.1, 0.15) is 6.54 Å². The Hall–Kier alpha value is -3.07. The van der Waals surface area contributed by atoms with E-state index in [0.29, 0.717) is 16.4 Å². The Kier molecular flexibility index (Phi) is 5.92. The number of amides is 2. The van der Waals surface area contributed by atoms with Crippen molar-refractivity contribution in [1.29, 1.82) is 0 Å². The maximum absolute atomic E-state index is 12.1. The van der Waals surface area contributed by atoms with Gasteiger partial charge in [0.05, 0.1) is 4.88 Å². The molecular formula is C18H18N2O6S. The number of esters is 1. The molecule has 1 aliphatic heterocycles. The van der Waals surface area contributed by atoms with Crippen LogP contribution in [0, 0.1) is 0 Å². The van der Waals surface area contributed by atoms with Gasteiger partial charge in [0.2, 0.25) is 6.79 Å². The van der Waals surface area contributed by atoms with E-state index in [-0.39, 0.29) is 25.8 Å². The minimum Gasteiger partial charge on any atom is -0.454 e. The van der Waals surface area contributed by atoms with E-state index >= 15 is 0 Å². The van der Waals surface area contributed by atoms with E-state index in [1.807, 2.05) is 6.07 Å². The van der Waals surface area contributed by atoms with Gasteiger partial charge in [-0.15, -0.1) is 11.3 Å². The molecule has 9 heteroatoms. The summed E-state index contributed by atoms with van der Waals surface area (Å²) in [5.74, 6) is -0.197. The molecule has 2 aromatic rings. The van der Waals surface area contributed by atoms with Crippen LogP contribution in [0.1, 0.15) is 22.2 Å². The lowest BCUT2D eigenvalue weighted by molar-refractivity contribution is -0.153. The first kappa shape index (κ1) is 18.7. The first-order valence-electron chi connectivity index (χ1n) is 8.20. The molecule has 2 heterocycles. The van der Waals surface area contributed by atoms with E-state index < -0.39 is 18.0 Å². The second kappa shape index (κ2) is 8.54. The molecule has 3 rings (SSSR count). The zero-order chi connectivity index (χ0) is 19.2. The number of carbonyl (C=O) groups is 3. The largest absolute Gasteiger partial charge is 0.454 e.